The zero-order valence-electron chi connectivity index (χ0n) is 14.3. The number of thiophene rings is 1. The third kappa shape index (κ3) is 4.93. The highest BCUT2D eigenvalue weighted by atomic mass is 32.1. The SMILES string of the molecule is CCc1sc(C(=O)OCC(=O)NCCc2ccccc2C)cc1C. The molecular weight excluding hydrogens is 322 g/mol. The Morgan fingerprint density at radius 1 is 1.17 bits per heavy atom. The molecule has 2 aromatic rings. The van der Waals surface area contributed by atoms with Gasteiger partial charge in [-0.05, 0) is 49.4 Å². The molecule has 0 bridgehead atoms. The summed E-state index contributed by atoms with van der Waals surface area (Å²) in [5.41, 5.74) is 3.51. The first-order valence-corrected chi connectivity index (χ1v) is 8.90. The number of nitrogens with one attached hydrogen (secondary N) is 1. The summed E-state index contributed by atoms with van der Waals surface area (Å²) in [5, 5.41) is 2.78. The number of ether oxygens (including phenoxy) is 1. The fourth-order valence-corrected chi connectivity index (χ4v) is 3.46. The highest BCUT2D eigenvalue weighted by Gasteiger charge is 2.14. The van der Waals surface area contributed by atoms with Gasteiger partial charge in [-0.1, -0.05) is 31.2 Å². The van der Waals surface area contributed by atoms with Crippen molar-refractivity contribution in [2.75, 3.05) is 13.2 Å². The second-order valence-electron chi connectivity index (χ2n) is 5.67. The lowest BCUT2D eigenvalue weighted by Crippen LogP contribution is -2.30. The van der Waals surface area contributed by atoms with E-state index in [1.807, 2.05) is 44.2 Å². The first kappa shape index (κ1) is 18.2. The topological polar surface area (TPSA) is 55.4 Å². The molecule has 24 heavy (non-hydrogen) atoms. The van der Waals surface area contributed by atoms with Crippen molar-refractivity contribution >= 4 is 23.2 Å². The van der Waals surface area contributed by atoms with E-state index in [1.165, 1.54) is 27.3 Å². The van der Waals surface area contributed by atoms with E-state index in [4.69, 9.17) is 4.74 Å². The fraction of sp³-hybridized carbons (Fsp3) is 0.368. The van der Waals surface area contributed by atoms with Crippen LogP contribution in [0.1, 0.15) is 38.2 Å². The Morgan fingerprint density at radius 2 is 1.92 bits per heavy atom. The molecule has 0 aliphatic carbocycles. The third-order valence-electron chi connectivity index (χ3n) is 3.86. The number of hydrogen-bond acceptors (Lipinski definition) is 4. The van der Waals surface area contributed by atoms with Gasteiger partial charge in [0.05, 0.1) is 0 Å². The number of carbonyl (C=O) groups is 2. The van der Waals surface area contributed by atoms with Crippen molar-refractivity contribution in [1.29, 1.82) is 0 Å². The first-order chi connectivity index (χ1) is 11.5. The van der Waals surface area contributed by atoms with Crippen molar-refractivity contribution in [3.8, 4) is 0 Å². The minimum absolute atomic E-state index is 0.245. The van der Waals surface area contributed by atoms with Crippen LogP contribution in [-0.4, -0.2) is 25.0 Å². The van der Waals surface area contributed by atoms with E-state index in [0.29, 0.717) is 11.4 Å². The molecule has 0 saturated heterocycles. The second-order valence-corrected chi connectivity index (χ2v) is 6.81. The van der Waals surface area contributed by atoms with E-state index in [9.17, 15) is 9.59 Å². The average Bonchev–Trinajstić information content (AvgIpc) is 2.95. The van der Waals surface area contributed by atoms with Crippen molar-refractivity contribution in [2.45, 2.75) is 33.6 Å². The van der Waals surface area contributed by atoms with E-state index in [-0.39, 0.29) is 12.5 Å². The fourth-order valence-electron chi connectivity index (χ4n) is 2.45. The molecule has 0 aliphatic rings. The first-order valence-electron chi connectivity index (χ1n) is 8.09. The molecule has 0 atom stereocenters. The van der Waals surface area contributed by atoms with Crippen LogP contribution < -0.4 is 5.32 Å². The molecule has 0 spiro atoms. The number of amides is 1. The molecule has 1 heterocycles. The maximum Gasteiger partial charge on any atom is 0.348 e. The molecule has 128 valence electrons. The highest BCUT2D eigenvalue weighted by molar-refractivity contribution is 7.14. The van der Waals surface area contributed by atoms with Crippen LogP contribution in [0.5, 0.6) is 0 Å². The van der Waals surface area contributed by atoms with E-state index in [1.54, 1.807) is 0 Å². The van der Waals surface area contributed by atoms with Crippen LogP contribution >= 0.6 is 11.3 Å². The number of aryl methyl sites for hydroxylation is 3. The molecule has 5 heteroatoms. The van der Waals surface area contributed by atoms with Gasteiger partial charge in [0.15, 0.2) is 6.61 Å². The van der Waals surface area contributed by atoms with Crippen LogP contribution in [-0.2, 0) is 22.4 Å². The van der Waals surface area contributed by atoms with Crippen LogP contribution in [0.3, 0.4) is 0 Å². The minimum atomic E-state index is -0.433. The summed E-state index contributed by atoms with van der Waals surface area (Å²) in [7, 11) is 0. The molecule has 0 saturated carbocycles. The lowest BCUT2D eigenvalue weighted by Gasteiger charge is -2.07. The summed E-state index contributed by atoms with van der Waals surface area (Å²) in [6, 6.07) is 9.90. The number of carbonyl (C=O) groups excluding carboxylic acids is 2. The monoisotopic (exact) mass is 345 g/mol. The highest BCUT2D eigenvalue weighted by Crippen LogP contribution is 2.22. The van der Waals surface area contributed by atoms with Gasteiger partial charge in [0, 0.05) is 11.4 Å². The van der Waals surface area contributed by atoms with Crippen LogP contribution in [0.2, 0.25) is 0 Å². The Labute approximate surface area is 146 Å². The lowest BCUT2D eigenvalue weighted by atomic mass is 10.1. The van der Waals surface area contributed by atoms with Crippen molar-refractivity contribution < 1.29 is 14.3 Å². The van der Waals surface area contributed by atoms with Gasteiger partial charge >= 0.3 is 5.97 Å². The summed E-state index contributed by atoms with van der Waals surface area (Å²) in [6.45, 7) is 6.36. The van der Waals surface area contributed by atoms with Crippen molar-refractivity contribution in [2.24, 2.45) is 0 Å². The van der Waals surface area contributed by atoms with Gasteiger partial charge in [-0.25, -0.2) is 4.79 Å². The molecule has 1 aromatic carbocycles. The Balaban J connectivity index is 1.74. The van der Waals surface area contributed by atoms with Gasteiger partial charge in [0.2, 0.25) is 0 Å². The molecular formula is C19H23NO3S. The van der Waals surface area contributed by atoms with Crippen LogP contribution in [0.25, 0.3) is 0 Å². The lowest BCUT2D eigenvalue weighted by molar-refractivity contribution is -0.124. The zero-order valence-corrected chi connectivity index (χ0v) is 15.2. The number of hydrogen-bond donors (Lipinski definition) is 1. The normalized spacial score (nSPS) is 10.5. The standard InChI is InChI=1S/C19H23NO3S/c1-4-16-14(3)11-17(24-16)19(22)23-12-18(21)20-10-9-15-8-6-5-7-13(15)2/h5-8,11H,4,9-10,12H2,1-3H3,(H,20,21). The Morgan fingerprint density at radius 3 is 2.58 bits per heavy atom. The maximum atomic E-state index is 12.0. The Bertz CT molecular complexity index is 721. The van der Waals surface area contributed by atoms with Gasteiger partial charge < -0.3 is 10.1 Å². The largest absolute Gasteiger partial charge is 0.451 e. The van der Waals surface area contributed by atoms with E-state index >= 15 is 0 Å². The number of rotatable bonds is 7. The molecule has 4 nitrogen and oxygen atoms in total. The molecule has 2 rings (SSSR count). The molecule has 1 N–H and O–H groups in total. The number of benzene rings is 1. The average molecular weight is 345 g/mol. The second kappa shape index (κ2) is 8.64. The summed E-state index contributed by atoms with van der Waals surface area (Å²) in [5.74, 6) is -0.710. The van der Waals surface area contributed by atoms with Crippen LogP contribution in [0, 0.1) is 13.8 Å². The molecule has 1 aromatic heterocycles. The van der Waals surface area contributed by atoms with Crippen molar-refractivity contribution in [3.05, 3.63) is 56.8 Å². The maximum absolute atomic E-state index is 12.0. The minimum Gasteiger partial charge on any atom is -0.451 e. The summed E-state index contributed by atoms with van der Waals surface area (Å²) >= 11 is 1.43. The molecule has 1 amide bonds. The molecule has 0 unspecified atom stereocenters. The summed E-state index contributed by atoms with van der Waals surface area (Å²) in [4.78, 5) is 25.5. The molecule has 0 aliphatic heterocycles. The van der Waals surface area contributed by atoms with Gasteiger partial charge in [0.25, 0.3) is 5.91 Å². The van der Waals surface area contributed by atoms with Crippen LogP contribution in [0.15, 0.2) is 30.3 Å². The van der Waals surface area contributed by atoms with Crippen LogP contribution in [0.4, 0.5) is 0 Å². The Hall–Kier alpha value is -2.14. The van der Waals surface area contributed by atoms with E-state index in [0.717, 1.165) is 18.4 Å². The zero-order chi connectivity index (χ0) is 17.5. The molecule has 0 fully saturated rings. The summed E-state index contributed by atoms with van der Waals surface area (Å²) in [6.07, 6.45) is 1.65. The third-order valence-corrected chi connectivity index (χ3v) is 5.22. The Kier molecular flexibility index (Phi) is 6.55. The smallest absolute Gasteiger partial charge is 0.348 e. The summed E-state index contributed by atoms with van der Waals surface area (Å²) < 4.78 is 5.09. The van der Waals surface area contributed by atoms with Crippen molar-refractivity contribution in [3.63, 3.8) is 0 Å². The van der Waals surface area contributed by atoms with Crippen molar-refractivity contribution in [1.82, 2.24) is 5.32 Å². The van der Waals surface area contributed by atoms with E-state index < -0.39 is 5.97 Å². The van der Waals surface area contributed by atoms with Gasteiger partial charge in [-0.3, -0.25) is 4.79 Å². The molecule has 0 radical (unpaired) electrons. The van der Waals surface area contributed by atoms with Gasteiger partial charge in [-0.2, -0.15) is 0 Å². The number of esters is 1. The van der Waals surface area contributed by atoms with Gasteiger partial charge in [-0.15, -0.1) is 11.3 Å². The predicted octanol–water partition coefficient (Wildman–Crippen LogP) is 3.44. The quantitative estimate of drug-likeness (QED) is 0.782. The predicted molar refractivity (Wildman–Crippen MR) is 96.6 cm³/mol. The van der Waals surface area contributed by atoms with E-state index in [2.05, 4.69) is 12.2 Å². The van der Waals surface area contributed by atoms with Gasteiger partial charge in [0.1, 0.15) is 4.88 Å².